The zero-order chi connectivity index (χ0) is 19.3. The zero-order valence-corrected chi connectivity index (χ0v) is 14.8. The van der Waals surface area contributed by atoms with Gasteiger partial charge in [0.25, 0.3) is 5.91 Å². The van der Waals surface area contributed by atoms with E-state index in [4.69, 9.17) is 4.42 Å². The van der Waals surface area contributed by atoms with Gasteiger partial charge in [-0.25, -0.2) is 0 Å². The van der Waals surface area contributed by atoms with E-state index >= 15 is 0 Å². The highest BCUT2D eigenvalue weighted by Gasteiger charge is 2.13. The molecule has 0 saturated heterocycles. The predicted molar refractivity (Wildman–Crippen MR) is 107 cm³/mol. The zero-order valence-electron chi connectivity index (χ0n) is 14.8. The van der Waals surface area contributed by atoms with Crippen LogP contribution in [0.15, 0.2) is 89.8 Å². The Hall–Kier alpha value is -3.99. The summed E-state index contributed by atoms with van der Waals surface area (Å²) in [5.74, 6) is 0.311. The fourth-order valence-corrected chi connectivity index (χ4v) is 2.91. The van der Waals surface area contributed by atoms with Crippen LogP contribution in [-0.4, -0.2) is 17.2 Å². The molecule has 0 aliphatic carbocycles. The second-order valence-electron chi connectivity index (χ2n) is 6.18. The second-order valence-corrected chi connectivity index (χ2v) is 6.18. The van der Waals surface area contributed by atoms with Gasteiger partial charge in [-0.3, -0.25) is 14.6 Å². The highest BCUT2D eigenvalue weighted by molar-refractivity contribution is 6.07. The first-order chi connectivity index (χ1) is 13.7. The number of amides is 1. The minimum Gasteiger partial charge on any atom is -0.464 e. The third-order valence-electron chi connectivity index (χ3n) is 4.34. The molecule has 2 aromatic carbocycles. The van der Waals surface area contributed by atoms with Crippen LogP contribution in [0.4, 0.5) is 5.69 Å². The van der Waals surface area contributed by atoms with Crippen LogP contribution in [0.2, 0.25) is 0 Å². The fourth-order valence-electron chi connectivity index (χ4n) is 2.91. The van der Waals surface area contributed by atoms with Gasteiger partial charge in [0.1, 0.15) is 5.76 Å². The smallest absolute Gasteiger partial charge is 0.257 e. The Morgan fingerprint density at radius 1 is 0.893 bits per heavy atom. The van der Waals surface area contributed by atoms with E-state index in [-0.39, 0.29) is 5.91 Å². The monoisotopic (exact) mass is 368 g/mol. The van der Waals surface area contributed by atoms with Crippen LogP contribution >= 0.6 is 0 Å². The fraction of sp³-hybridized carbons (Fsp3) is 0. The predicted octanol–water partition coefficient (Wildman–Crippen LogP) is 5.07. The molecule has 2 heterocycles. The van der Waals surface area contributed by atoms with Crippen molar-refractivity contribution in [3.8, 4) is 22.5 Å². The normalized spacial score (nSPS) is 10.4. The van der Waals surface area contributed by atoms with E-state index in [0.717, 1.165) is 16.7 Å². The largest absolute Gasteiger partial charge is 0.464 e. The summed E-state index contributed by atoms with van der Waals surface area (Å²) in [5.41, 5.74) is 3.78. The van der Waals surface area contributed by atoms with Crippen molar-refractivity contribution >= 4 is 17.9 Å². The molecule has 0 atom stereocenters. The van der Waals surface area contributed by atoms with Crippen molar-refractivity contribution in [3.63, 3.8) is 0 Å². The van der Waals surface area contributed by atoms with E-state index in [2.05, 4.69) is 10.3 Å². The lowest BCUT2D eigenvalue weighted by Crippen LogP contribution is -2.13. The van der Waals surface area contributed by atoms with Crippen LogP contribution in [0.3, 0.4) is 0 Å². The summed E-state index contributed by atoms with van der Waals surface area (Å²) in [6, 6.07) is 20.2. The summed E-state index contributed by atoms with van der Waals surface area (Å²) in [4.78, 5) is 28.3. The lowest BCUT2D eigenvalue weighted by molar-refractivity contribution is 0.102. The highest BCUT2D eigenvalue weighted by Crippen LogP contribution is 2.26. The van der Waals surface area contributed by atoms with Gasteiger partial charge < -0.3 is 9.73 Å². The number of pyridine rings is 1. The summed E-state index contributed by atoms with van der Waals surface area (Å²) < 4.78 is 5.39. The number of benzene rings is 2. The lowest BCUT2D eigenvalue weighted by atomic mass is 10.1. The summed E-state index contributed by atoms with van der Waals surface area (Å²) in [6.07, 6.45) is 5.49. The third-order valence-corrected chi connectivity index (χ3v) is 4.34. The number of carbonyl (C=O) groups is 2. The molecule has 28 heavy (non-hydrogen) atoms. The molecular weight excluding hydrogens is 352 g/mol. The molecule has 0 unspecified atom stereocenters. The summed E-state index contributed by atoms with van der Waals surface area (Å²) in [5, 5.41) is 2.81. The van der Waals surface area contributed by atoms with Crippen LogP contribution in [0, 0.1) is 0 Å². The summed E-state index contributed by atoms with van der Waals surface area (Å²) in [7, 11) is 0. The topological polar surface area (TPSA) is 72.2 Å². The average molecular weight is 368 g/mol. The Morgan fingerprint density at radius 2 is 1.75 bits per heavy atom. The molecule has 4 rings (SSSR count). The van der Waals surface area contributed by atoms with Crippen molar-refractivity contribution in [2.75, 3.05) is 5.32 Å². The minimum absolute atomic E-state index is 0.343. The van der Waals surface area contributed by atoms with E-state index in [1.807, 2.05) is 36.4 Å². The van der Waals surface area contributed by atoms with Crippen LogP contribution < -0.4 is 5.32 Å². The van der Waals surface area contributed by atoms with Crippen LogP contribution in [0.25, 0.3) is 22.5 Å². The molecule has 1 amide bonds. The van der Waals surface area contributed by atoms with Gasteiger partial charge in [-0.2, -0.15) is 0 Å². The average Bonchev–Trinajstić information content (AvgIpc) is 3.29. The Morgan fingerprint density at radius 3 is 2.50 bits per heavy atom. The number of nitrogens with zero attached hydrogens (tertiary/aromatic N) is 1. The maximum absolute atomic E-state index is 12.8. The number of aromatic nitrogens is 1. The Kier molecular flexibility index (Phi) is 4.80. The molecule has 0 radical (unpaired) electrons. The first-order valence-corrected chi connectivity index (χ1v) is 8.69. The standard InChI is InChI=1S/C23H16N2O3/c26-15-18-9-8-17(22-7-4-10-28-22)12-21(18)25-23(27)20-11-19(13-24-14-20)16-5-2-1-3-6-16/h1-15H,(H,25,27). The number of aldehydes is 1. The number of anilines is 1. The summed E-state index contributed by atoms with van der Waals surface area (Å²) in [6.45, 7) is 0. The molecule has 136 valence electrons. The number of hydrogen-bond donors (Lipinski definition) is 1. The van der Waals surface area contributed by atoms with Gasteiger partial charge in [0.2, 0.25) is 0 Å². The molecule has 0 bridgehead atoms. The number of rotatable bonds is 5. The van der Waals surface area contributed by atoms with Crippen molar-refractivity contribution in [2.24, 2.45) is 0 Å². The third kappa shape index (κ3) is 3.59. The summed E-state index contributed by atoms with van der Waals surface area (Å²) >= 11 is 0. The molecule has 5 heteroatoms. The van der Waals surface area contributed by atoms with E-state index in [9.17, 15) is 9.59 Å². The molecule has 0 aliphatic rings. The Bertz CT molecular complexity index is 1120. The molecule has 4 aromatic rings. The molecule has 0 fully saturated rings. The highest BCUT2D eigenvalue weighted by atomic mass is 16.3. The van der Waals surface area contributed by atoms with E-state index < -0.39 is 0 Å². The first-order valence-electron chi connectivity index (χ1n) is 8.69. The van der Waals surface area contributed by atoms with Gasteiger partial charge in [-0.1, -0.05) is 36.4 Å². The van der Waals surface area contributed by atoms with Crippen LogP contribution in [0.1, 0.15) is 20.7 Å². The SMILES string of the molecule is O=Cc1ccc(-c2ccco2)cc1NC(=O)c1cncc(-c2ccccc2)c1. The molecule has 0 aliphatic heterocycles. The number of nitrogens with one attached hydrogen (secondary N) is 1. The minimum atomic E-state index is -0.343. The quantitative estimate of drug-likeness (QED) is 0.499. The Balaban J connectivity index is 1.63. The second kappa shape index (κ2) is 7.72. The van der Waals surface area contributed by atoms with E-state index in [1.165, 1.54) is 6.20 Å². The van der Waals surface area contributed by atoms with Crippen molar-refractivity contribution < 1.29 is 14.0 Å². The molecular formula is C23H16N2O3. The molecule has 0 spiro atoms. The van der Waals surface area contributed by atoms with Gasteiger partial charge in [0, 0.05) is 29.1 Å². The van der Waals surface area contributed by atoms with Crippen molar-refractivity contribution in [3.05, 3.63) is 96.5 Å². The van der Waals surface area contributed by atoms with Gasteiger partial charge in [-0.05, 0) is 35.9 Å². The number of furan rings is 1. The van der Waals surface area contributed by atoms with Crippen molar-refractivity contribution in [1.29, 1.82) is 0 Å². The van der Waals surface area contributed by atoms with Gasteiger partial charge >= 0.3 is 0 Å². The lowest BCUT2D eigenvalue weighted by Gasteiger charge is -2.10. The van der Waals surface area contributed by atoms with Gasteiger partial charge in [-0.15, -0.1) is 0 Å². The van der Waals surface area contributed by atoms with Crippen LogP contribution in [-0.2, 0) is 0 Å². The van der Waals surface area contributed by atoms with Gasteiger partial charge in [0.05, 0.1) is 17.5 Å². The molecule has 5 nitrogen and oxygen atoms in total. The number of carbonyl (C=O) groups excluding carboxylic acids is 2. The van der Waals surface area contributed by atoms with Gasteiger partial charge in [0.15, 0.2) is 6.29 Å². The maximum atomic E-state index is 12.8. The number of hydrogen-bond acceptors (Lipinski definition) is 4. The van der Waals surface area contributed by atoms with Crippen molar-refractivity contribution in [2.45, 2.75) is 0 Å². The van der Waals surface area contributed by atoms with Crippen LogP contribution in [0.5, 0.6) is 0 Å². The van der Waals surface area contributed by atoms with E-state index in [0.29, 0.717) is 28.9 Å². The van der Waals surface area contributed by atoms with Crippen molar-refractivity contribution in [1.82, 2.24) is 4.98 Å². The maximum Gasteiger partial charge on any atom is 0.257 e. The Labute approximate surface area is 161 Å². The molecule has 0 saturated carbocycles. The molecule has 1 N–H and O–H groups in total. The van der Waals surface area contributed by atoms with E-state index in [1.54, 1.807) is 42.8 Å². The first kappa shape index (κ1) is 17.4. The molecule has 2 aromatic heterocycles.